The molecule has 1 aromatic carbocycles. The second kappa shape index (κ2) is 6.01. The summed E-state index contributed by atoms with van der Waals surface area (Å²) in [4.78, 5) is 12.1. The molecule has 3 heteroatoms. The lowest BCUT2D eigenvalue weighted by molar-refractivity contribution is -0.122. The van der Waals surface area contributed by atoms with Crippen molar-refractivity contribution in [2.24, 2.45) is 5.73 Å². The summed E-state index contributed by atoms with van der Waals surface area (Å²) in [7, 11) is 0. The Bertz CT molecular complexity index is 426. The monoisotopic (exact) mass is 248 g/mol. The zero-order chi connectivity index (χ0) is 13.9. The second-order valence-electron chi connectivity index (χ2n) is 4.98. The summed E-state index contributed by atoms with van der Waals surface area (Å²) in [5.74, 6) is -0.0770. The fourth-order valence-electron chi connectivity index (χ4n) is 2.38. The number of amides is 1. The van der Waals surface area contributed by atoms with E-state index in [4.69, 9.17) is 5.73 Å². The normalized spacial score (nSPS) is 12.3. The first kappa shape index (κ1) is 14.7. The van der Waals surface area contributed by atoms with Crippen LogP contribution < -0.4 is 11.1 Å². The van der Waals surface area contributed by atoms with Crippen LogP contribution >= 0.6 is 0 Å². The van der Waals surface area contributed by atoms with Crippen LogP contribution in [-0.4, -0.2) is 19.0 Å². The fourth-order valence-corrected chi connectivity index (χ4v) is 2.38. The summed E-state index contributed by atoms with van der Waals surface area (Å²) in [5, 5.41) is 2.86. The van der Waals surface area contributed by atoms with E-state index in [1.165, 1.54) is 22.3 Å². The summed E-state index contributed by atoms with van der Waals surface area (Å²) in [6.45, 7) is 11.3. The van der Waals surface area contributed by atoms with Gasteiger partial charge in [-0.25, -0.2) is 0 Å². The lowest BCUT2D eigenvalue weighted by Gasteiger charge is -2.20. The zero-order valence-electron chi connectivity index (χ0n) is 12.1. The van der Waals surface area contributed by atoms with Crippen LogP contribution in [0.4, 0.5) is 0 Å². The van der Waals surface area contributed by atoms with E-state index in [-0.39, 0.29) is 11.8 Å². The van der Waals surface area contributed by atoms with Gasteiger partial charge >= 0.3 is 0 Å². The van der Waals surface area contributed by atoms with E-state index in [0.29, 0.717) is 13.1 Å². The SMILES string of the molecule is Cc1cc(C)c(C)c(C(C)C(=O)NCCN)c1C. The molecule has 1 amide bonds. The third kappa shape index (κ3) is 2.91. The van der Waals surface area contributed by atoms with Crippen LogP contribution in [0, 0.1) is 27.7 Å². The maximum atomic E-state index is 12.1. The van der Waals surface area contributed by atoms with E-state index in [0.717, 1.165) is 5.56 Å². The number of carbonyl (C=O) groups excluding carboxylic acids is 1. The quantitative estimate of drug-likeness (QED) is 0.857. The van der Waals surface area contributed by atoms with E-state index >= 15 is 0 Å². The summed E-state index contributed by atoms with van der Waals surface area (Å²) in [6.07, 6.45) is 0. The molecule has 0 aromatic heterocycles. The molecular formula is C15H24N2O. The van der Waals surface area contributed by atoms with Crippen LogP contribution in [0.5, 0.6) is 0 Å². The van der Waals surface area contributed by atoms with Gasteiger partial charge in [0, 0.05) is 13.1 Å². The van der Waals surface area contributed by atoms with Crippen molar-refractivity contribution < 1.29 is 4.79 Å². The Labute approximate surface area is 110 Å². The van der Waals surface area contributed by atoms with Crippen molar-refractivity contribution in [3.05, 3.63) is 33.9 Å². The Morgan fingerprint density at radius 2 is 1.72 bits per heavy atom. The fraction of sp³-hybridized carbons (Fsp3) is 0.533. The van der Waals surface area contributed by atoms with Crippen molar-refractivity contribution in [1.29, 1.82) is 0 Å². The van der Waals surface area contributed by atoms with Gasteiger partial charge in [0.15, 0.2) is 0 Å². The van der Waals surface area contributed by atoms with E-state index in [2.05, 4.69) is 39.1 Å². The molecule has 0 saturated carbocycles. The average Bonchev–Trinajstić information content (AvgIpc) is 2.33. The number of rotatable bonds is 4. The number of nitrogens with two attached hydrogens (primary N) is 1. The second-order valence-corrected chi connectivity index (χ2v) is 4.98. The van der Waals surface area contributed by atoms with Gasteiger partial charge in [0.1, 0.15) is 0 Å². The molecular weight excluding hydrogens is 224 g/mol. The van der Waals surface area contributed by atoms with Crippen LogP contribution in [0.25, 0.3) is 0 Å². The van der Waals surface area contributed by atoms with Crippen molar-refractivity contribution in [3.63, 3.8) is 0 Å². The third-order valence-corrected chi connectivity index (χ3v) is 3.69. The Morgan fingerprint density at radius 1 is 1.22 bits per heavy atom. The zero-order valence-corrected chi connectivity index (χ0v) is 12.1. The summed E-state index contributed by atoms with van der Waals surface area (Å²) in [6, 6.07) is 2.18. The molecule has 3 N–H and O–H groups in total. The molecule has 18 heavy (non-hydrogen) atoms. The van der Waals surface area contributed by atoms with Crippen LogP contribution in [-0.2, 0) is 4.79 Å². The Morgan fingerprint density at radius 3 is 2.17 bits per heavy atom. The van der Waals surface area contributed by atoms with Crippen molar-refractivity contribution in [1.82, 2.24) is 5.32 Å². The molecule has 0 aliphatic rings. The Hall–Kier alpha value is -1.35. The maximum absolute atomic E-state index is 12.1. The van der Waals surface area contributed by atoms with Crippen molar-refractivity contribution >= 4 is 5.91 Å². The van der Waals surface area contributed by atoms with Gasteiger partial charge in [-0.15, -0.1) is 0 Å². The first-order valence-electron chi connectivity index (χ1n) is 6.45. The van der Waals surface area contributed by atoms with Crippen molar-refractivity contribution in [3.8, 4) is 0 Å². The standard InChI is InChI=1S/C15H24N2O/c1-9-8-10(2)12(4)14(11(9)3)13(5)15(18)17-7-6-16/h8,13H,6-7,16H2,1-5H3,(H,17,18). The summed E-state index contributed by atoms with van der Waals surface area (Å²) >= 11 is 0. The highest BCUT2D eigenvalue weighted by atomic mass is 16.1. The molecule has 0 spiro atoms. The smallest absolute Gasteiger partial charge is 0.227 e. The highest BCUT2D eigenvalue weighted by Crippen LogP contribution is 2.28. The number of carbonyl (C=O) groups is 1. The number of nitrogens with one attached hydrogen (secondary N) is 1. The van der Waals surface area contributed by atoms with Gasteiger partial charge in [-0.3, -0.25) is 4.79 Å². The lowest BCUT2D eigenvalue weighted by atomic mass is 9.86. The Balaban J connectivity index is 3.12. The molecule has 1 aromatic rings. The van der Waals surface area contributed by atoms with Crippen LogP contribution in [0.3, 0.4) is 0 Å². The molecule has 0 fully saturated rings. The first-order chi connectivity index (χ1) is 8.40. The third-order valence-electron chi connectivity index (χ3n) is 3.69. The Kier molecular flexibility index (Phi) is 4.91. The molecule has 3 nitrogen and oxygen atoms in total. The largest absolute Gasteiger partial charge is 0.354 e. The van der Waals surface area contributed by atoms with Gasteiger partial charge < -0.3 is 11.1 Å². The highest BCUT2D eigenvalue weighted by molar-refractivity contribution is 5.84. The summed E-state index contributed by atoms with van der Waals surface area (Å²) in [5.41, 5.74) is 11.5. The molecule has 0 radical (unpaired) electrons. The molecule has 0 aliphatic heterocycles. The van der Waals surface area contributed by atoms with Gasteiger partial charge in [-0.05, 0) is 62.4 Å². The molecule has 1 atom stereocenters. The molecule has 0 heterocycles. The lowest BCUT2D eigenvalue weighted by Crippen LogP contribution is -2.33. The van der Waals surface area contributed by atoms with Crippen LogP contribution in [0.2, 0.25) is 0 Å². The number of aryl methyl sites for hydroxylation is 2. The van der Waals surface area contributed by atoms with Crippen molar-refractivity contribution in [2.45, 2.75) is 40.5 Å². The first-order valence-corrected chi connectivity index (χ1v) is 6.45. The van der Waals surface area contributed by atoms with Gasteiger partial charge in [0.25, 0.3) is 0 Å². The number of hydrogen-bond donors (Lipinski definition) is 2. The molecule has 100 valence electrons. The average molecular weight is 248 g/mol. The minimum atomic E-state index is -0.129. The number of benzene rings is 1. The predicted octanol–water partition coefficient (Wildman–Crippen LogP) is 2.10. The van der Waals surface area contributed by atoms with Gasteiger partial charge in [0.05, 0.1) is 5.92 Å². The maximum Gasteiger partial charge on any atom is 0.227 e. The van der Waals surface area contributed by atoms with Crippen molar-refractivity contribution in [2.75, 3.05) is 13.1 Å². The van der Waals surface area contributed by atoms with E-state index in [1.54, 1.807) is 0 Å². The van der Waals surface area contributed by atoms with Gasteiger partial charge in [0.2, 0.25) is 5.91 Å². The highest BCUT2D eigenvalue weighted by Gasteiger charge is 2.20. The van der Waals surface area contributed by atoms with Crippen LogP contribution in [0.15, 0.2) is 6.07 Å². The van der Waals surface area contributed by atoms with E-state index in [1.807, 2.05) is 6.92 Å². The van der Waals surface area contributed by atoms with Crippen LogP contribution in [0.1, 0.15) is 40.7 Å². The number of hydrogen-bond acceptors (Lipinski definition) is 2. The molecule has 0 bridgehead atoms. The molecule has 0 aliphatic carbocycles. The van der Waals surface area contributed by atoms with E-state index < -0.39 is 0 Å². The van der Waals surface area contributed by atoms with Gasteiger partial charge in [-0.2, -0.15) is 0 Å². The predicted molar refractivity (Wildman–Crippen MR) is 75.9 cm³/mol. The van der Waals surface area contributed by atoms with E-state index in [9.17, 15) is 4.79 Å². The minimum Gasteiger partial charge on any atom is -0.354 e. The topological polar surface area (TPSA) is 55.1 Å². The summed E-state index contributed by atoms with van der Waals surface area (Å²) < 4.78 is 0. The molecule has 0 saturated heterocycles. The molecule has 1 unspecified atom stereocenters. The minimum absolute atomic E-state index is 0.0525. The van der Waals surface area contributed by atoms with Gasteiger partial charge in [-0.1, -0.05) is 6.07 Å². The molecule has 1 rings (SSSR count).